The largest absolute Gasteiger partial charge is 0.496 e. The number of hydrogen-bond acceptors (Lipinski definition) is 2. The molecule has 0 heterocycles. The fraction of sp³-hybridized carbons (Fsp3) is 0.133. The van der Waals surface area contributed by atoms with Crippen LogP contribution in [0.2, 0.25) is 5.02 Å². The number of methoxy groups -OCH3 is 1. The molecular weight excluding hydrogens is 248 g/mol. The number of ether oxygens (including phenoxy) is 1. The van der Waals surface area contributed by atoms with E-state index in [2.05, 4.69) is 0 Å². The lowest BCUT2D eigenvalue weighted by Gasteiger charge is -2.08. The molecule has 0 N–H and O–H groups in total. The first-order valence-electron chi connectivity index (χ1n) is 5.61. The van der Waals surface area contributed by atoms with Gasteiger partial charge in [0, 0.05) is 22.6 Å². The van der Waals surface area contributed by atoms with Crippen molar-refractivity contribution in [1.82, 2.24) is 0 Å². The Balaban J connectivity index is 2.24. The van der Waals surface area contributed by atoms with Crippen LogP contribution in [0.25, 0.3) is 0 Å². The molecule has 0 aliphatic heterocycles. The molecule has 0 atom stereocenters. The monoisotopic (exact) mass is 260 g/mol. The Morgan fingerprint density at radius 2 is 1.89 bits per heavy atom. The van der Waals surface area contributed by atoms with Crippen molar-refractivity contribution in [3.05, 3.63) is 64.7 Å². The second-order valence-electron chi connectivity index (χ2n) is 3.92. The first-order chi connectivity index (χ1) is 8.70. The van der Waals surface area contributed by atoms with Gasteiger partial charge in [0.2, 0.25) is 0 Å². The van der Waals surface area contributed by atoms with Crippen LogP contribution in [0.15, 0.2) is 48.5 Å². The SMILES string of the molecule is COc1ccc(Cl)cc1CC(=O)c1ccccc1. The molecule has 0 amide bonds. The molecule has 0 aliphatic rings. The van der Waals surface area contributed by atoms with E-state index < -0.39 is 0 Å². The van der Waals surface area contributed by atoms with Crippen molar-refractivity contribution >= 4 is 17.4 Å². The van der Waals surface area contributed by atoms with Crippen molar-refractivity contribution in [3.8, 4) is 5.75 Å². The third-order valence-electron chi connectivity index (χ3n) is 2.69. The number of benzene rings is 2. The molecule has 2 aromatic carbocycles. The van der Waals surface area contributed by atoms with Crippen LogP contribution >= 0.6 is 11.6 Å². The minimum Gasteiger partial charge on any atom is -0.496 e. The zero-order chi connectivity index (χ0) is 13.0. The van der Waals surface area contributed by atoms with E-state index in [4.69, 9.17) is 16.3 Å². The van der Waals surface area contributed by atoms with Crippen molar-refractivity contribution in [2.24, 2.45) is 0 Å². The zero-order valence-electron chi connectivity index (χ0n) is 10.0. The molecule has 0 unspecified atom stereocenters. The Kier molecular flexibility index (Phi) is 4.00. The van der Waals surface area contributed by atoms with Crippen LogP contribution in [0.4, 0.5) is 0 Å². The minimum atomic E-state index is 0.0520. The van der Waals surface area contributed by atoms with Crippen LogP contribution in [0.3, 0.4) is 0 Å². The summed E-state index contributed by atoms with van der Waals surface area (Å²) >= 11 is 5.94. The van der Waals surface area contributed by atoms with Gasteiger partial charge < -0.3 is 4.74 Å². The number of rotatable bonds is 4. The summed E-state index contributed by atoms with van der Waals surface area (Å²) < 4.78 is 5.23. The number of halogens is 1. The predicted molar refractivity (Wildman–Crippen MR) is 72.5 cm³/mol. The van der Waals surface area contributed by atoms with E-state index in [0.717, 1.165) is 5.56 Å². The van der Waals surface area contributed by atoms with Gasteiger partial charge in [-0.15, -0.1) is 0 Å². The number of carbonyl (C=O) groups is 1. The van der Waals surface area contributed by atoms with E-state index in [1.807, 2.05) is 18.2 Å². The summed E-state index contributed by atoms with van der Waals surface area (Å²) in [6, 6.07) is 14.5. The van der Waals surface area contributed by atoms with E-state index in [1.54, 1.807) is 37.4 Å². The van der Waals surface area contributed by atoms with Gasteiger partial charge in [0.05, 0.1) is 7.11 Å². The van der Waals surface area contributed by atoms with Crippen LogP contribution < -0.4 is 4.74 Å². The quantitative estimate of drug-likeness (QED) is 0.782. The zero-order valence-corrected chi connectivity index (χ0v) is 10.8. The fourth-order valence-electron chi connectivity index (χ4n) is 1.78. The summed E-state index contributed by atoms with van der Waals surface area (Å²) in [4.78, 5) is 12.1. The highest BCUT2D eigenvalue weighted by Gasteiger charge is 2.11. The Labute approximate surface area is 111 Å². The van der Waals surface area contributed by atoms with Gasteiger partial charge in [-0.25, -0.2) is 0 Å². The Bertz CT molecular complexity index is 550. The van der Waals surface area contributed by atoms with Gasteiger partial charge in [-0.1, -0.05) is 41.9 Å². The van der Waals surface area contributed by atoms with Crippen LogP contribution in [0.1, 0.15) is 15.9 Å². The second kappa shape index (κ2) is 5.69. The van der Waals surface area contributed by atoms with E-state index in [0.29, 0.717) is 16.3 Å². The Morgan fingerprint density at radius 3 is 2.56 bits per heavy atom. The maximum atomic E-state index is 12.1. The third kappa shape index (κ3) is 2.90. The summed E-state index contributed by atoms with van der Waals surface area (Å²) in [5.41, 5.74) is 1.50. The highest BCUT2D eigenvalue weighted by Crippen LogP contribution is 2.24. The normalized spacial score (nSPS) is 10.1. The standard InChI is InChI=1S/C15H13ClO2/c1-18-15-8-7-13(16)9-12(15)10-14(17)11-5-3-2-4-6-11/h2-9H,10H2,1H3. The average Bonchev–Trinajstić information content (AvgIpc) is 2.40. The van der Waals surface area contributed by atoms with Gasteiger partial charge in [0.1, 0.15) is 5.75 Å². The molecule has 2 aromatic rings. The summed E-state index contributed by atoms with van der Waals surface area (Å²) in [6.07, 6.45) is 0.285. The molecule has 0 fully saturated rings. The van der Waals surface area contributed by atoms with Crippen molar-refractivity contribution in [2.75, 3.05) is 7.11 Å². The van der Waals surface area contributed by atoms with Gasteiger partial charge in [-0.2, -0.15) is 0 Å². The Hall–Kier alpha value is -1.80. The maximum Gasteiger partial charge on any atom is 0.167 e. The molecule has 0 saturated heterocycles. The summed E-state index contributed by atoms with van der Waals surface area (Å²) in [5, 5.41) is 0.603. The van der Waals surface area contributed by atoms with E-state index in [1.165, 1.54) is 0 Å². The molecule has 18 heavy (non-hydrogen) atoms. The van der Waals surface area contributed by atoms with E-state index in [9.17, 15) is 4.79 Å². The fourth-order valence-corrected chi connectivity index (χ4v) is 1.98. The van der Waals surface area contributed by atoms with Gasteiger partial charge in [-0.3, -0.25) is 4.79 Å². The van der Waals surface area contributed by atoms with Gasteiger partial charge in [0.25, 0.3) is 0 Å². The van der Waals surface area contributed by atoms with E-state index in [-0.39, 0.29) is 12.2 Å². The molecule has 0 aliphatic carbocycles. The topological polar surface area (TPSA) is 26.3 Å². The first kappa shape index (κ1) is 12.7. The molecule has 2 rings (SSSR count). The summed E-state index contributed by atoms with van der Waals surface area (Å²) in [5.74, 6) is 0.736. The highest BCUT2D eigenvalue weighted by atomic mass is 35.5. The Morgan fingerprint density at radius 1 is 1.17 bits per heavy atom. The molecule has 0 radical (unpaired) electrons. The number of hydrogen-bond donors (Lipinski definition) is 0. The third-order valence-corrected chi connectivity index (χ3v) is 2.92. The van der Waals surface area contributed by atoms with Gasteiger partial charge >= 0.3 is 0 Å². The lowest BCUT2D eigenvalue weighted by atomic mass is 10.0. The molecular formula is C15H13ClO2. The molecule has 0 bridgehead atoms. The number of carbonyl (C=O) groups excluding carboxylic acids is 1. The van der Waals surface area contributed by atoms with E-state index >= 15 is 0 Å². The van der Waals surface area contributed by atoms with Crippen molar-refractivity contribution < 1.29 is 9.53 Å². The first-order valence-corrected chi connectivity index (χ1v) is 5.99. The van der Waals surface area contributed by atoms with Crippen LogP contribution in [-0.2, 0) is 6.42 Å². The van der Waals surface area contributed by atoms with Crippen molar-refractivity contribution in [2.45, 2.75) is 6.42 Å². The molecule has 3 heteroatoms. The summed E-state index contributed by atoms with van der Waals surface area (Å²) in [7, 11) is 1.58. The number of ketones is 1. The lowest BCUT2D eigenvalue weighted by Crippen LogP contribution is -2.04. The smallest absolute Gasteiger partial charge is 0.167 e. The highest BCUT2D eigenvalue weighted by molar-refractivity contribution is 6.30. The second-order valence-corrected chi connectivity index (χ2v) is 4.36. The predicted octanol–water partition coefficient (Wildman–Crippen LogP) is 3.77. The number of Topliss-reactive ketones (excluding diaryl/α,β-unsaturated/α-hetero) is 1. The lowest BCUT2D eigenvalue weighted by molar-refractivity contribution is 0.0992. The van der Waals surface area contributed by atoms with Crippen molar-refractivity contribution in [3.63, 3.8) is 0 Å². The van der Waals surface area contributed by atoms with Crippen LogP contribution in [0, 0.1) is 0 Å². The average molecular weight is 261 g/mol. The maximum absolute atomic E-state index is 12.1. The molecule has 2 nitrogen and oxygen atoms in total. The van der Waals surface area contributed by atoms with Gasteiger partial charge in [0.15, 0.2) is 5.78 Å². The molecule has 0 aromatic heterocycles. The minimum absolute atomic E-state index is 0.0520. The van der Waals surface area contributed by atoms with Crippen molar-refractivity contribution in [1.29, 1.82) is 0 Å². The van der Waals surface area contributed by atoms with Crippen LogP contribution in [-0.4, -0.2) is 12.9 Å². The molecule has 0 saturated carbocycles. The van der Waals surface area contributed by atoms with Gasteiger partial charge in [-0.05, 0) is 18.2 Å². The molecule has 0 spiro atoms. The molecule has 92 valence electrons. The van der Waals surface area contributed by atoms with Crippen LogP contribution in [0.5, 0.6) is 5.75 Å². The summed E-state index contributed by atoms with van der Waals surface area (Å²) in [6.45, 7) is 0.